The molecule has 0 saturated carbocycles. The number of rotatable bonds is 5. The lowest BCUT2D eigenvalue weighted by atomic mass is 10.2. The average molecular weight is 448 g/mol. The summed E-state index contributed by atoms with van der Waals surface area (Å²) in [6, 6.07) is 6.73. The molecule has 1 aromatic heterocycles. The molecule has 0 radical (unpaired) electrons. The number of nitrogens with one attached hydrogen (secondary N) is 2. The maximum Gasteiger partial charge on any atom is 0.191 e. The van der Waals surface area contributed by atoms with Gasteiger partial charge in [0.15, 0.2) is 5.96 Å². The van der Waals surface area contributed by atoms with E-state index in [2.05, 4.69) is 27.5 Å². The Kier molecular flexibility index (Phi) is 8.46. The van der Waals surface area contributed by atoms with Crippen LogP contribution in [0.25, 0.3) is 0 Å². The summed E-state index contributed by atoms with van der Waals surface area (Å²) in [5.41, 5.74) is 1.72. The van der Waals surface area contributed by atoms with Crippen molar-refractivity contribution in [1.82, 2.24) is 15.6 Å². The number of hydrogen-bond acceptors (Lipinski definition) is 3. The molecular formula is C16H22FIN4S. The minimum absolute atomic E-state index is 0. The van der Waals surface area contributed by atoms with Crippen molar-refractivity contribution in [1.29, 1.82) is 0 Å². The zero-order valence-electron chi connectivity index (χ0n) is 13.5. The lowest BCUT2D eigenvalue weighted by Crippen LogP contribution is -2.38. The summed E-state index contributed by atoms with van der Waals surface area (Å²) in [6.07, 6.45) is 0.847. The molecule has 2 rings (SSSR count). The van der Waals surface area contributed by atoms with Gasteiger partial charge in [0.05, 0.1) is 10.7 Å². The van der Waals surface area contributed by atoms with E-state index in [1.165, 1.54) is 10.9 Å². The molecule has 0 atom stereocenters. The minimum atomic E-state index is -0.209. The molecule has 1 heterocycles. The van der Waals surface area contributed by atoms with Crippen molar-refractivity contribution in [3.05, 3.63) is 51.2 Å². The third kappa shape index (κ3) is 6.06. The highest BCUT2D eigenvalue weighted by atomic mass is 127. The van der Waals surface area contributed by atoms with Crippen LogP contribution in [0.3, 0.4) is 0 Å². The number of thiazole rings is 1. The smallest absolute Gasteiger partial charge is 0.191 e. The van der Waals surface area contributed by atoms with Gasteiger partial charge in [-0.2, -0.15) is 0 Å². The highest BCUT2D eigenvalue weighted by Crippen LogP contribution is 2.16. The fourth-order valence-corrected chi connectivity index (χ4v) is 2.91. The van der Waals surface area contributed by atoms with Gasteiger partial charge in [0.1, 0.15) is 5.82 Å². The van der Waals surface area contributed by atoms with Crippen molar-refractivity contribution in [3.63, 3.8) is 0 Å². The van der Waals surface area contributed by atoms with Crippen LogP contribution in [0, 0.1) is 19.7 Å². The van der Waals surface area contributed by atoms with Crippen LogP contribution in [0.15, 0.2) is 29.3 Å². The summed E-state index contributed by atoms with van der Waals surface area (Å²) in [7, 11) is 1.70. The molecule has 0 fully saturated rings. The first kappa shape index (κ1) is 19.8. The topological polar surface area (TPSA) is 49.3 Å². The van der Waals surface area contributed by atoms with Crippen molar-refractivity contribution in [2.24, 2.45) is 4.99 Å². The van der Waals surface area contributed by atoms with Crippen LogP contribution in [-0.4, -0.2) is 24.5 Å². The molecule has 23 heavy (non-hydrogen) atoms. The molecule has 0 amide bonds. The molecule has 2 aromatic rings. The van der Waals surface area contributed by atoms with Gasteiger partial charge >= 0.3 is 0 Å². The van der Waals surface area contributed by atoms with Gasteiger partial charge in [-0.1, -0.05) is 18.2 Å². The zero-order valence-corrected chi connectivity index (χ0v) is 16.7. The van der Waals surface area contributed by atoms with Crippen LogP contribution in [0.1, 0.15) is 21.1 Å². The Bertz CT molecular complexity index is 638. The molecule has 2 N–H and O–H groups in total. The molecule has 126 valence electrons. The van der Waals surface area contributed by atoms with Gasteiger partial charge < -0.3 is 10.6 Å². The normalized spacial score (nSPS) is 11.0. The summed E-state index contributed by atoms with van der Waals surface area (Å²) in [4.78, 5) is 9.91. The number of halogens is 2. The highest BCUT2D eigenvalue weighted by molar-refractivity contribution is 14.0. The Hall–Kier alpha value is -1.22. The van der Waals surface area contributed by atoms with E-state index in [1.807, 2.05) is 13.0 Å². The van der Waals surface area contributed by atoms with Gasteiger partial charge in [0.25, 0.3) is 0 Å². The third-order valence-corrected chi connectivity index (χ3v) is 4.46. The van der Waals surface area contributed by atoms with E-state index in [4.69, 9.17) is 0 Å². The van der Waals surface area contributed by atoms with E-state index in [-0.39, 0.29) is 29.8 Å². The molecular weight excluding hydrogens is 426 g/mol. The fraction of sp³-hybridized carbons (Fsp3) is 0.375. The lowest BCUT2D eigenvalue weighted by Gasteiger charge is -2.11. The molecule has 0 aliphatic carbocycles. The van der Waals surface area contributed by atoms with E-state index in [0.29, 0.717) is 18.1 Å². The second kappa shape index (κ2) is 9.82. The van der Waals surface area contributed by atoms with E-state index >= 15 is 0 Å². The summed E-state index contributed by atoms with van der Waals surface area (Å²) < 4.78 is 13.6. The van der Waals surface area contributed by atoms with Gasteiger partial charge in [-0.25, -0.2) is 9.37 Å². The predicted octanol–water partition coefficient (Wildman–Crippen LogP) is 3.42. The Morgan fingerprint density at radius 2 is 2.00 bits per heavy atom. The van der Waals surface area contributed by atoms with Crippen molar-refractivity contribution in [3.8, 4) is 0 Å². The summed E-state index contributed by atoms with van der Waals surface area (Å²) >= 11 is 1.72. The number of aromatic nitrogens is 1. The lowest BCUT2D eigenvalue weighted by molar-refractivity contribution is 0.604. The van der Waals surface area contributed by atoms with Gasteiger partial charge in [0, 0.05) is 37.0 Å². The van der Waals surface area contributed by atoms with Crippen molar-refractivity contribution < 1.29 is 4.39 Å². The van der Waals surface area contributed by atoms with Gasteiger partial charge in [-0.05, 0) is 19.9 Å². The number of guanidine groups is 1. The van der Waals surface area contributed by atoms with Crippen molar-refractivity contribution in [2.45, 2.75) is 26.8 Å². The van der Waals surface area contributed by atoms with E-state index < -0.39 is 0 Å². The van der Waals surface area contributed by atoms with Gasteiger partial charge in [-0.3, -0.25) is 4.99 Å². The van der Waals surface area contributed by atoms with Crippen LogP contribution in [0.4, 0.5) is 4.39 Å². The third-order valence-electron chi connectivity index (χ3n) is 3.33. The summed E-state index contributed by atoms with van der Waals surface area (Å²) in [5.74, 6) is 0.451. The SMILES string of the molecule is CN=C(NCCc1nc(C)c(C)s1)NCc1ccccc1F.I. The molecule has 4 nitrogen and oxygen atoms in total. The molecule has 0 unspecified atom stereocenters. The molecule has 0 aliphatic rings. The average Bonchev–Trinajstić information content (AvgIpc) is 2.82. The second-order valence-corrected chi connectivity index (χ2v) is 6.23. The summed E-state index contributed by atoms with van der Waals surface area (Å²) in [6.45, 7) is 5.25. The number of nitrogens with zero attached hydrogens (tertiary/aromatic N) is 2. The van der Waals surface area contributed by atoms with Crippen molar-refractivity contribution in [2.75, 3.05) is 13.6 Å². The number of aliphatic imine (C=N–C) groups is 1. The number of aryl methyl sites for hydroxylation is 2. The van der Waals surface area contributed by atoms with Crippen LogP contribution in [0.2, 0.25) is 0 Å². The van der Waals surface area contributed by atoms with E-state index in [0.717, 1.165) is 23.7 Å². The van der Waals surface area contributed by atoms with Gasteiger partial charge in [-0.15, -0.1) is 35.3 Å². The quantitative estimate of drug-likeness (QED) is 0.419. The standard InChI is InChI=1S/C16H21FN4S.HI/c1-11-12(2)22-15(21-11)8-9-19-16(18-3)20-10-13-6-4-5-7-14(13)17;/h4-7H,8-10H2,1-3H3,(H2,18,19,20);1H. The molecule has 0 bridgehead atoms. The van der Waals surface area contributed by atoms with E-state index in [1.54, 1.807) is 30.5 Å². The molecule has 0 spiro atoms. The molecule has 7 heteroatoms. The van der Waals surface area contributed by atoms with Gasteiger partial charge in [0.2, 0.25) is 0 Å². The Morgan fingerprint density at radius 3 is 2.61 bits per heavy atom. The Labute approximate surface area is 157 Å². The van der Waals surface area contributed by atoms with Crippen LogP contribution in [-0.2, 0) is 13.0 Å². The molecule has 0 aliphatic heterocycles. The maximum atomic E-state index is 13.6. The maximum absolute atomic E-state index is 13.6. The zero-order chi connectivity index (χ0) is 15.9. The van der Waals surface area contributed by atoms with Crippen LogP contribution < -0.4 is 10.6 Å². The highest BCUT2D eigenvalue weighted by Gasteiger charge is 2.05. The predicted molar refractivity (Wildman–Crippen MR) is 105 cm³/mol. The van der Waals surface area contributed by atoms with Crippen molar-refractivity contribution >= 4 is 41.3 Å². The summed E-state index contributed by atoms with van der Waals surface area (Å²) in [5, 5.41) is 7.45. The first-order valence-corrected chi connectivity index (χ1v) is 8.02. The Balaban J connectivity index is 0.00000264. The fourth-order valence-electron chi connectivity index (χ4n) is 1.98. The van der Waals surface area contributed by atoms with E-state index in [9.17, 15) is 4.39 Å². The first-order chi connectivity index (χ1) is 10.6. The number of hydrogen-bond donors (Lipinski definition) is 2. The first-order valence-electron chi connectivity index (χ1n) is 7.21. The largest absolute Gasteiger partial charge is 0.356 e. The number of benzene rings is 1. The molecule has 0 saturated heterocycles. The molecule has 1 aromatic carbocycles. The van der Waals surface area contributed by atoms with Crippen LogP contribution >= 0.6 is 35.3 Å². The monoisotopic (exact) mass is 448 g/mol. The van der Waals surface area contributed by atoms with Crippen LogP contribution in [0.5, 0.6) is 0 Å². The second-order valence-electron chi connectivity index (χ2n) is 4.94. The Morgan fingerprint density at radius 1 is 1.26 bits per heavy atom. The minimum Gasteiger partial charge on any atom is -0.356 e.